The highest BCUT2D eigenvalue weighted by atomic mass is 19.2. The molecule has 0 bridgehead atoms. The fourth-order valence-electron chi connectivity index (χ4n) is 4.22. The van der Waals surface area contributed by atoms with E-state index in [2.05, 4.69) is 4.90 Å². The topological polar surface area (TPSA) is 41.9 Å². The van der Waals surface area contributed by atoms with E-state index in [0.29, 0.717) is 13.0 Å². The fraction of sp³-hybridized carbons (Fsp3) is 0.667. The number of hydrogen-bond acceptors (Lipinski definition) is 4. The van der Waals surface area contributed by atoms with Gasteiger partial charge in [0.05, 0.1) is 24.9 Å². The van der Waals surface area contributed by atoms with Gasteiger partial charge in [0.1, 0.15) is 0 Å². The third-order valence-electron chi connectivity index (χ3n) is 5.59. The van der Waals surface area contributed by atoms with Crippen molar-refractivity contribution in [1.29, 1.82) is 0 Å². The van der Waals surface area contributed by atoms with Crippen molar-refractivity contribution >= 4 is 0 Å². The Morgan fingerprint density at radius 2 is 2.04 bits per heavy atom. The van der Waals surface area contributed by atoms with Gasteiger partial charge >= 0.3 is 0 Å². The van der Waals surface area contributed by atoms with E-state index in [9.17, 15) is 13.2 Å². The summed E-state index contributed by atoms with van der Waals surface area (Å²) in [6, 6.07) is 2.27. The highest BCUT2D eigenvalue weighted by molar-refractivity contribution is 5.21. The van der Waals surface area contributed by atoms with Gasteiger partial charge in [0, 0.05) is 31.8 Å². The van der Waals surface area contributed by atoms with Gasteiger partial charge in [-0.2, -0.15) is 0 Å². The van der Waals surface area contributed by atoms with E-state index < -0.39 is 17.5 Å². The maximum atomic E-state index is 14.0. The van der Waals surface area contributed by atoms with Gasteiger partial charge in [-0.15, -0.1) is 0 Å². The van der Waals surface area contributed by atoms with Gasteiger partial charge < -0.3 is 14.6 Å². The Hall–Kier alpha value is -1.15. The van der Waals surface area contributed by atoms with E-state index in [-0.39, 0.29) is 43.1 Å². The van der Waals surface area contributed by atoms with Gasteiger partial charge in [-0.3, -0.25) is 4.90 Å². The minimum atomic E-state index is -1.43. The van der Waals surface area contributed by atoms with Crippen molar-refractivity contribution < 1.29 is 27.8 Å². The summed E-state index contributed by atoms with van der Waals surface area (Å²) in [7, 11) is 1.68. The van der Waals surface area contributed by atoms with Crippen molar-refractivity contribution in [3.05, 3.63) is 35.1 Å². The Morgan fingerprint density at radius 3 is 2.76 bits per heavy atom. The molecule has 140 valence electrons. The zero-order chi connectivity index (χ0) is 18.0. The SMILES string of the molecule is CO[C@@]12CC[C@H](OCCO)C[C@@H]1N(Cc1ccc(F)c(F)c1F)CC2. The van der Waals surface area contributed by atoms with Crippen molar-refractivity contribution in [3.8, 4) is 0 Å². The highest BCUT2D eigenvalue weighted by Crippen LogP contribution is 2.43. The molecule has 1 aliphatic heterocycles. The first-order chi connectivity index (χ1) is 12.0. The number of rotatable bonds is 6. The predicted molar refractivity (Wildman–Crippen MR) is 85.5 cm³/mol. The van der Waals surface area contributed by atoms with Crippen molar-refractivity contribution in [1.82, 2.24) is 4.90 Å². The standard InChI is InChI=1S/C18H24F3NO3/c1-24-18-5-4-13(25-9-8-23)10-15(18)22(7-6-18)11-12-2-3-14(19)17(21)16(12)20/h2-3,13,15,23H,4-11H2,1H3/t13-,15-,18+/m0/s1. The van der Waals surface area contributed by atoms with Crippen LogP contribution in [0.1, 0.15) is 31.2 Å². The molecule has 2 fully saturated rings. The maximum absolute atomic E-state index is 14.0. The first-order valence-electron chi connectivity index (χ1n) is 8.65. The number of halogens is 3. The summed E-state index contributed by atoms with van der Waals surface area (Å²) in [5, 5.41) is 8.94. The van der Waals surface area contributed by atoms with Crippen LogP contribution in [0.2, 0.25) is 0 Å². The maximum Gasteiger partial charge on any atom is 0.194 e. The van der Waals surface area contributed by atoms with Crippen LogP contribution in [-0.2, 0) is 16.0 Å². The number of hydrogen-bond donors (Lipinski definition) is 1. The number of nitrogens with zero attached hydrogens (tertiary/aromatic N) is 1. The molecule has 7 heteroatoms. The molecule has 4 nitrogen and oxygen atoms in total. The van der Waals surface area contributed by atoms with Crippen molar-refractivity contribution in [2.24, 2.45) is 0 Å². The molecular formula is C18H24F3NO3. The molecule has 0 aromatic heterocycles. The Morgan fingerprint density at radius 1 is 1.24 bits per heavy atom. The zero-order valence-electron chi connectivity index (χ0n) is 14.3. The van der Waals surface area contributed by atoms with Gasteiger partial charge in [0.2, 0.25) is 0 Å². The third kappa shape index (κ3) is 3.56. The van der Waals surface area contributed by atoms with Crippen LogP contribution in [0, 0.1) is 17.5 Å². The molecule has 25 heavy (non-hydrogen) atoms. The molecule has 2 aliphatic rings. The van der Waals surface area contributed by atoms with Crippen LogP contribution in [0.25, 0.3) is 0 Å². The number of benzene rings is 1. The lowest BCUT2D eigenvalue weighted by Crippen LogP contribution is -2.51. The quantitative estimate of drug-likeness (QED) is 0.793. The number of ether oxygens (including phenoxy) is 2. The second-order valence-corrected chi connectivity index (χ2v) is 6.83. The van der Waals surface area contributed by atoms with Crippen LogP contribution in [0.15, 0.2) is 12.1 Å². The summed E-state index contributed by atoms with van der Waals surface area (Å²) in [5.41, 5.74) is -0.169. The van der Waals surface area contributed by atoms with Crippen molar-refractivity contribution in [2.75, 3.05) is 26.9 Å². The second-order valence-electron chi connectivity index (χ2n) is 6.83. The average Bonchev–Trinajstić information content (AvgIpc) is 2.99. The van der Waals surface area contributed by atoms with Crippen LogP contribution in [-0.4, -0.2) is 54.6 Å². The number of aliphatic hydroxyl groups is 1. The molecule has 1 aromatic rings. The zero-order valence-corrected chi connectivity index (χ0v) is 14.3. The Labute approximate surface area is 145 Å². The third-order valence-corrected chi connectivity index (χ3v) is 5.59. The summed E-state index contributed by atoms with van der Waals surface area (Å²) >= 11 is 0. The minimum absolute atomic E-state index is 0.0100. The molecule has 0 radical (unpaired) electrons. The molecule has 1 aromatic carbocycles. The first-order valence-corrected chi connectivity index (χ1v) is 8.65. The monoisotopic (exact) mass is 359 g/mol. The van der Waals surface area contributed by atoms with Crippen molar-refractivity contribution in [3.63, 3.8) is 0 Å². The Kier molecular flexibility index (Phi) is 5.68. The van der Waals surface area contributed by atoms with Crippen LogP contribution >= 0.6 is 0 Å². The summed E-state index contributed by atoms with van der Waals surface area (Å²) in [4.78, 5) is 2.06. The van der Waals surface area contributed by atoms with Gasteiger partial charge in [-0.05, 0) is 31.7 Å². The molecule has 3 atom stereocenters. The van der Waals surface area contributed by atoms with E-state index in [4.69, 9.17) is 14.6 Å². The lowest BCUT2D eigenvalue weighted by Gasteiger charge is -2.43. The normalized spacial score (nSPS) is 29.8. The van der Waals surface area contributed by atoms with E-state index in [1.165, 1.54) is 6.07 Å². The summed E-state index contributed by atoms with van der Waals surface area (Å²) in [5.74, 6) is -3.73. The molecule has 1 N–H and O–H groups in total. The first kappa shape index (κ1) is 18.6. The summed E-state index contributed by atoms with van der Waals surface area (Å²) in [6.07, 6.45) is 3.19. The second kappa shape index (κ2) is 7.61. The van der Waals surface area contributed by atoms with Gasteiger partial charge in [0.15, 0.2) is 17.5 Å². The predicted octanol–water partition coefficient (Wildman–Crippen LogP) is 2.62. The minimum Gasteiger partial charge on any atom is -0.394 e. The van der Waals surface area contributed by atoms with Crippen molar-refractivity contribution in [2.45, 2.75) is 50.0 Å². The Balaban J connectivity index is 1.76. The van der Waals surface area contributed by atoms with Crippen LogP contribution in [0.3, 0.4) is 0 Å². The van der Waals surface area contributed by atoms with Crippen LogP contribution < -0.4 is 0 Å². The molecule has 0 unspecified atom stereocenters. The lowest BCUT2D eigenvalue weighted by molar-refractivity contribution is -0.104. The highest BCUT2D eigenvalue weighted by Gasteiger charge is 2.51. The van der Waals surface area contributed by atoms with Crippen LogP contribution in [0.4, 0.5) is 13.2 Å². The van der Waals surface area contributed by atoms with E-state index in [1.54, 1.807) is 7.11 Å². The molecular weight excluding hydrogens is 335 g/mol. The number of aliphatic hydroxyl groups excluding tert-OH is 1. The van der Waals surface area contributed by atoms with E-state index >= 15 is 0 Å². The molecule has 1 heterocycles. The number of fused-ring (bicyclic) bond motifs is 1. The smallest absolute Gasteiger partial charge is 0.194 e. The fourth-order valence-corrected chi connectivity index (χ4v) is 4.22. The van der Waals surface area contributed by atoms with Gasteiger partial charge in [-0.1, -0.05) is 6.07 Å². The lowest BCUT2D eigenvalue weighted by atomic mass is 9.79. The number of methoxy groups -OCH3 is 1. The molecule has 0 spiro atoms. The number of likely N-dealkylation sites (tertiary alicyclic amines) is 1. The largest absolute Gasteiger partial charge is 0.394 e. The molecule has 1 saturated heterocycles. The van der Waals surface area contributed by atoms with E-state index in [1.807, 2.05) is 0 Å². The van der Waals surface area contributed by atoms with E-state index in [0.717, 1.165) is 25.3 Å². The van der Waals surface area contributed by atoms with Gasteiger partial charge in [-0.25, -0.2) is 13.2 Å². The molecule has 1 aliphatic carbocycles. The molecule has 1 saturated carbocycles. The van der Waals surface area contributed by atoms with Gasteiger partial charge in [0.25, 0.3) is 0 Å². The molecule has 0 amide bonds. The summed E-state index contributed by atoms with van der Waals surface area (Å²) < 4.78 is 52.2. The Bertz CT molecular complexity index is 615. The molecule has 3 rings (SSSR count). The average molecular weight is 359 g/mol. The van der Waals surface area contributed by atoms with Crippen LogP contribution in [0.5, 0.6) is 0 Å². The summed E-state index contributed by atoms with van der Waals surface area (Å²) in [6.45, 7) is 1.16.